The largest absolute Gasteiger partial charge is 0.374 e. The molecule has 5 aromatic carbocycles. The predicted molar refractivity (Wildman–Crippen MR) is 236 cm³/mol. The van der Waals surface area contributed by atoms with E-state index in [-0.39, 0.29) is 31.5 Å². The van der Waals surface area contributed by atoms with Crippen LogP contribution in [0.4, 0.5) is 0 Å². The Hall–Kier alpha value is -4.38. The summed E-state index contributed by atoms with van der Waals surface area (Å²) in [4.78, 5) is 6.21. The van der Waals surface area contributed by atoms with Crippen LogP contribution < -0.4 is 5.48 Å². The molecular formula is C52H59NO11. The molecule has 0 aliphatic carbocycles. The maximum absolute atomic E-state index is 6.92. The van der Waals surface area contributed by atoms with Gasteiger partial charge in [-0.25, -0.2) is 0 Å². The maximum atomic E-state index is 6.92. The van der Waals surface area contributed by atoms with Gasteiger partial charge in [0.1, 0.15) is 48.8 Å². The second-order valence-electron chi connectivity index (χ2n) is 17.2. The van der Waals surface area contributed by atoms with E-state index in [4.69, 9.17) is 52.2 Å². The molecule has 64 heavy (non-hydrogen) atoms. The van der Waals surface area contributed by atoms with Crippen LogP contribution in [0.5, 0.6) is 0 Å². The Morgan fingerprint density at radius 3 is 1.48 bits per heavy atom. The van der Waals surface area contributed by atoms with Crippen LogP contribution in [0, 0.1) is 0 Å². The lowest BCUT2D eigenvalue weighted by Gasteiger charge is -2.46. The zero-order valence-electron chi connectivity index (χ0n) is 36.4. The second-order valence-corrected chi connectivity index (χ2v) is 17.2. The molecule has 9 rings (SSSR count). The van der Waals surface area contributed by atoms with Crippen LogP contribution in [-0.4, -0.2) is 86.5 Å². The lowest BCUT2D eigenvalue weighted by Crippen LogP contribution is -2.62. The van der Waals surface area contributed by atoms with Gasteiger partial charge in [-0.2, -0.15) is 5.48 Å². The van der Waals surface area contributed by atoms with Gasteiger partial charge in [0.05, 0.1) is 52.3 Å². The van der Waals surface area contributed by atoms with E-state index in [1.165, 1.54) is 0 Å². The third-order valence-corrected chi connectivity index (χ3v) is 11.9. The number of hydrogen-bond donors (Lipinski definition) is 1. The Kier molecular flexibility index (Phi) is 15.2. The third-order valence-electron chi connectivity index (χ3n) is 11.9. The fourth-order valence-electron chi connectivity index (χ4n) is 8.75. The molecular weight excluding hydrogens is 815 g/mol. The zero-order valence-corrected chi connectivity index (χ0v) is 36.4. The minimum Gasteiger partial charge on any atom is -0.374 e. The summed E-state index contributed by atoms with van der Waals surface area (Å²) in [6.45, 7) is 6.00. The van der Waals surface area contributed by atoms with E-state index >= 15 is 0 Å². The SMILES string of the molecule is CC1(C)O[C@@H]2C(OCc3ccccc3)OC([C@H]3C[C@H](CO[C@H]4O[C@H](COCc5ccccc5)[C@@H](OCc5ccccc5)[C@H](OCc5ccccc5)[C@H]4OCc4ccccc4)ON3)[C@H]2O1. The molecule has 0 aromatic heterocycles. The minimum atomic E-state index is -0.871. The predicted octanol–water partition coefficient (Wildman–Crippen LogP) is 7.82. The van der Waals surface area contributed by atoms with E-state index in [1.807, 2.05) is 166 Å². The molecule has 1 N–H and O–H groups in total. The first-order chi connectivity index (χ1) is 31.4. The number of fused-ring (bicyclic) bond motifs is 1. The van der Waals surface area contributed by atoms with Crippen LogP contribution in [0.1, 0.15) is 48.1 Å². The second kappa shape index (κ2) is 21.7. The van der Waals surface area contributed by atoms with E-state index < -0.39 is 55.0 Å². The summed E-state index contributed by atoms with van der Waals surface area (Å²) in [6, 6.07) is 50.1. The molecule has 2 unspecified atom stereocenters. The molecule has 12 nitrogen and oxygen atoms in total. The highest BCUT2D eigenvalue weighted by Gasteiger charge is 2.59. The molecule has 4 fully saturated rings. The van der Waals surface area contributed by atoms with Crippen LogP contribution in [0.25, 0.3) is 0 Å². The van der Waals surface area contributed by atoms with Crippen molar-refractivity contribution in [2.24, 2.45) is 0 Å². The van der Waals surface area contributed by atoms with Gasteiger partial charge in [0.15, 0.2) is 18.4 Å². The van der Waals surface area contributed by atoms with Gasteiger partial charge in [0.2, 0.25) is 0 Å². The number of benzene rings is 5. The van der Waals surface area contributed by atoms with Crippen LogP contribution in [-0.2, 0) is 85.2 Å². The molecule has 0 radical (unpaired) electrons. The molecule has 4 saturated heterocycles. The molecule has 4 aliphatic heterocycles. The number of nitrogens with one attached hydrogen (secondary N) is 1. The summed E-state index contributed by atoms with van der Waals surface area (Å²) in [6.07, 6.45) is -4.90. The van der Waals surface area contributed by atoms with Crippen molar-refractivity contribution in [1.82, 2.24) is 5.48 Å². The summed E-state index contributed by atoms with van der Waals surface area (Å²) < 4.78 is 66.2. The van der Waals surface area contributed by atoms with Gasteiger partial charge in [0, 0.05) is 0 Å². The van der Waals surface area contributed by atoms with Crippen molar-refractivity contribution in [3.8, 4) is 0 Å². The summed E-state index contributed by atoms with van der Waals surface area (Å²) in [5.74, 6) is -0.788. The van der Waals surface area contributed by atoms with Gasteiger partial charge < -0.3 is 47.4 Å². The average Bonchev–Trinajstić information content (AvgIpc) is 4.03. The van der Waals surface area contributed by atoms with Gasteiger partial charge in [-0.05, 0) is 48.1 Å². The first-order valence-electron chi connectivity index (χ1n) is 22.4. The third kappa shape index (κ3) is 11.7. The van der Waals surface area contributed by atoms with Crippen LogP contribution >= 0.6 is 0 Å². The highest BCUT2D eigenvalue weighted by molar-refractivity contribution is 5.17. The molecule has 4 heterocycles. The molecule has 0 spiro atoms. The smallest absolute Gasteiger partial charge is 0.187 e. The Bertz CT molecular complexity index is 2120. The Morgan fingerprint density at radius 1 is 0.469 bits per heavy atom. The molecule has 4 aliphatic rings. The van der Waals surface area contributed by atoms with Crippen LogP contribution in [0.15, 0.2) is 152 Å². The fraction of sp³-hybridized carbons (Fsp3) is 0.423. The number of hydrogen-bond acceptors (Lipinski definition) is 12. The van der Waals surface area contributed by atoms with Crippen molar-refractivity contribution < 1.29 is 52.2 Å². The summed E-state index contributed by atoms with van der Waals surface area (Å²) >= 11 is 0. The average molecular weight is 874 g/mol. The summed E-state index contributed by atoms with van der Waals surface area (Å²) in [7, 11) is 0. The van der Waals surface area contributed by atoms with E-state index in [2.05, 4.69) is 5.48 Å². The van der Waals surface area contributed by atoms with Crippen LogP contribution in [0.3, 0.4) is 0 Å². The van der Waals surface area contributed by atoms with Crippen molar-refractivity contribution in [1.29, 1.82) is 0 Å². The van der Waals surface area contributed by atoms with E-state index in [1.54, 1.807) is 0 Å². The molecule has 12 heteroatoms. The van der Waals surface area contributed by atoms with Crippen molar-refractivity contribution in [2.75, 3.05) is 13.2 Å². The number of ether oxygens (including phenoxy) is 10. The molecule has 0 bridgehead atoms. The molecule has 0 amide bonds. The minimum absolute atomic E-state index is 0.190. The number of rotatable bonds is 20. The van der Waals surface area contributed by atoms with Gasteiger partial charge >= 0.3 is 0 Å². The Morgan fingerprint density at radius 2 is 0.938 bits per heavy atom. The van der Waals surface area contributed by atoms with Gasteiger partial charge in [-0.1, -0.05) is 152 Å². The van der Waals surface area contributed by atoms with Crippen LogP contribution in [0.2, 0.25) is 0 Å². The van der Waals surface area contributed by atoms with Gasteiger partial charge in [-0.3, -0.25) is 4.84 Å². The molecule has 338 valence electrons. The molecule has 11 atom stereocenters. The standard InChI is InChI=1S/C52H59NO11/c1-52(2)62-47-44(61-51(49(47)63-52)58-33-40-26-16-7-17-27-40)42-28-41(64-53-42)34-59-50-48(57-32-39-24-14-6-15-25-39)46(56-31-38-22-12-5-13-23-38)45(55-30-37-20-10-4-11-21-37)43(60-50)35-54-29-36-18-8-3-9-19-36/h3-27,41-51,53H,28-35H2,1-2H3/t41-,42-,43-,44?,45-,46+,47-,48-,49+,50+,51?/m1/s1. The fourth-order valence-corrected chi connectivity index (χ4v) is 8.75. The molecule has 0 saturated carbocycles. The van der Waals surface area contributed by atoms with Gasteiger partial charge in [0.25, 0.3) is 0 Å². The molecule has 5 aromatic rings. The zero-order chi connectivity index (χ0) is 43.6. The first kappa shape index (κ1) is 44.8. The normalized spacial score (nSPS) is 29.8. The van der Waals surface area contributed by atoms with E-state index in [0.29, 0.717) is 39.5 Å². The summed E-state index contributed by atoms with van der Waals surface area (Å²) in [5.41, 5.74) is 8.39. The Balaban J connectivity index is 0.933. The quantitative estimate of drug-likeness (QED) is 0.0823. The highest BCUT2D eigenvalue weighted by Crippen LogP contribution is 2.42. The lowest BCUT2D eigenvalue weighted by molar-refractivity contribution is -0.331. The number of hydroxylamine groups is 1. The maximum Gasteiger partial charge on any atom is 0.187 e. The highest BCUT2D eigenvalue weighted by atomic mass is 16.8. The Labute approximate surface area is 375 Å². The van der Waals surface area contributed by atoms with Crippen molar-refractivity contribution in [3.05, 3.63) is 179 Å². The first-order valence-corrected chi connectivity index (χ1v) is 22.4. The topological polar surface area (TPSA) is 114 Å². The lowest BCUT2D eigenvalue weighted by atomic mass is 9.97. The van der Waals surface area contributed by atoms with E-state index in [9.17, 15) is 0 Å². The van der Waals surface area contributed by atoms with Gasteiger partial charge in [-0.15, -0.1) is 0 Å². The van der Waals surface area contributed by atoms with Crippen molar-refractivity contribution >= 4 is 0 Å². The van der Waals surface area contributed by atoms with Crippen molar-refractivity contribution in [3.63, 3.8) is 0 Å². The summed E-state index contributed by atoms with van der Waals surface area (Å²) in [5, 5.41) is 0. The monoisotopic (exact) mass is 873 g/mol. The van der Waals surface area contributed by atoms with E-state index in [0.717, 1.165) is 27.8 Å². The van der Waals surface area contributed by atoms with Crippen molar-refractivity contribution in [2.45, 2.75) is 127 Å².